The Hall–Kier alpha value is -2.55. The van der Waals surface area contributed by atoms with Crippen molar-refractivity contribution in [2.45, 2.75) is 6.10 Å². The maximum atomic E-state index is 11.4. The van der Waals surface area contributed by atoms with Crippen molar-refractivity contribution in [1.29, 1.82) is 5.26 Å². The summed E-state index contributed by atoms with van der Waals surface area (Å²) in [6, 6.07) is 8.28. The molecule has 1 atom stereocenters. The molecule has 17 heavy (non-hydrogen) atoms. The molecule has 1 aliphatic rings. The number of benzene rings is 1. The van der Waals surface area contributed by atoms with Gasteiger partial charge in [0.25, 0.3) is 0 Å². The van der Waals surface area contributed by atoms with E-state index in [-0.39, 0.29) is 6.54 Å². The standard InChI is InChI=1S/C11H8N2O4/c12-5-7-2-1-3-8(4-7)13-6-9(10(14)15)17-11(13)16/h1-4,9H,6H2,(H,14,15). The molecule has 1 fully saturated rings. The number of carbonyl (C=O) groups excluding carboxylic acids is 1. The highest BCUT2D eigenvalue weighted by molar-refractivity contribution is 5.93. The molecule has 0 saturated carbocycles. The molecule has 1 aliphatic heterocycles. The number of hydrogen-bond donors (Lipinski definition) is 1. The highest BCUT2D eigenvalue weighted by atomic mass is 16.6. The van der Waals surface area contributed by atoms with Crippen LogP contribution in [-0.4, -0.2) is 29.8 Å². The third-order valence-corrected chi connectivity index (χ3v) is 2.37. The second kappa shape index (κ2) is 4.14. The van der Waals surface area contributed by atoms with E-state index in [1.54, 1.807) is 18.2 Å². The average molecular weight is 232 g/mol. The van der Waals surface area contributed by atoms with Gasteiger partial charge in [0.1, 0.15) is 0 Å². The topological polar surface area (TPSA) is 90.6 Å². The molecule has 6 heteroatoms. The largest absolute Gasteiger partial charge is 0.478 e. The number of amides is 1. The first-order valence-corrected chi connectivity index (χ1v) is 4.83. The minimum absolute atomic E-state index is 0.0525. The van der Waals surface area contributed by atoms with Crippen molar-refractivity contribution in [1.82, 2.24) is 0 Å². The van der Waals surface area contributed by atoms with Gasteiger partial charge in [-0.1, -0.05) is 6.07 Å². The summed E-state index contributed by atoms with van der Waals surface area (Å²) in [5, 5.41) is 17.5. The van der Waals surface area contributed by atoms with Crippen LogP contribution in [0.3, 0.4) is 0 Å². The molecule has 0 radical (unpaired) electrons. The van der Waals surface area contributed by atoms with Crippen LogP contribution in [0.1, 0.15) is 5.56 Å². The van der Waals surface area contributed by atoms with Crippen LogP contribution in [0.15, 0.2) is 24.3 Å². The summed E-state index contributed by atoms with van der Waals surface area (Å²) < 4.78 is 4.67. The number of carboxylic acids is 1. The summed E-state index contributed by atoms with van der Waals surface area (Å²) in [6.07, 6.45) is -1.87. The minimum atomic E-state index is -1.18. The Bertz CT molecular complexity index is 520. The quantitative estimate of drug-likeness (QED) is 0.820. The highest BCUT2D eigenvalue weighted by Gasteiger charge is 2.36. The van der Waals surface area contributed by atoms with Crippen molar-refractivity contribution >= 4 is 17.7 Å². The first-order chi connectivity index (χ1) is 8.11. The molecule has 2 rings (SSSR count). The van der Waals surface area contributed by atoms with Crippen molar-refractivity contribution in [2.24, 2.45) is 0 Å². The number of ether oxygens (including phenoxy) is 1. The molecular weight excluding hydrogens is 224 g/mol. The van der Waals surface area contributed by atoms with Crippen LogP contribution in [0.25, 0.3) is 0 Å². The van der Waals surface area contributed by atoms with Gasteiger partial charge in [0.2, 0.25) is 6.10 Å². The fourth-order valence-electron chi connectivity index (χ4n) is 1.55. The molecule has 0 aromatic heterocycles. The van der Waals surface area contributed by atoms with Gasteiger partial charge in [0.15, 0.2) is 0 Å². The summed E-state index contributed by atoms with van der Waals surface area (Å²) in [6.45, 7) is -0.0525. The lowest BCUT2D eigenvalue weighted by Gasteiger charge is -2.12. The first kappa shape index (κ1) is 11.0. The summed E-state index contributed by atoms with van der Waals surface area (Å²) in [7, 11) is 0. The molecule has 86 valence electrons. The van der Waals surface area contributed by atoms with Crippen molar-refractivity contribution < 1.29 is 19.4 Å². The summed E-state index contributed by atoms with van der Waals surface area (Å²) in [5.41, 5.74) is 0.854. The van der Waals surface area contributed by atoms with Crippen LogP contribution in [0.2, 0.25) is 0 Å². The van der Waals surface area contributed by atoms with E-state index in [0.29, 0.717) is 11.3 Å². The van der Waals surface area contributed by atoms with Gasteiger partial charge < -0.3 is 9.84 Å². The Morgan fingerprint density at radius 2 is 2.35 bits per heavy atom. The zero-order valence-electron chi connectivity index (χ0n) is 8.66. The molecule has 1 N–H and O–H groups in total. The number of carboxylic acid groups (broad SMARTS) is 1. The van der Waals surface area contributed by atoms with Gasteiger partial charge >= 0.3 is 12.1 Å². The number of carbonyl (C=O) groups is 2. The number of aliphatic carboxylic acids is 1. The maximum Gasteiger partial charge on any atom is 0.415 e. The van der Waals surface area contributed by atoms with Crippen LogP contribution in [0.5, 0.6) is 0 Å². The Morgan fingerprint density at radius 3 is 2.94 bits per heavy atom. The number of anilines is 1. The van der Waals surface area contributed by atoms with Gasteiger partial charge in [-0.15, -0.1) is 0 Å². The summed E-state index contributed by atoms with van der Waals surface area (Å²) in [5.74, 6) is -1.18. The first-order valence-electron chi connectivity index (χ1n) is 4.83. The van der Waals surface area contributed by atoms with E-state index in [2.05, 4.69) is 4.74 Å². The van der Waals surface area contributed by atoms with Crippen molar-refractivity contribution in [3.05, 3.63) is 29.8 Å². The van der Waals surface area contributed by atoms with E-state index >= 15 is 0 Å². The Kier molecular flexibility index (Phi) is 2.66. The Labute approximate surface area is 96.6 Å². The number of nitrogens with zero attached hydrogens (tertiary/aromatic N) is 2. The molecule has 1 unspecified atom stereocenters. The van der Waals surface area contributed by atoms with E-state index in [4.69, 9.17) is 10.4 Å². The molecular formula is C11H8N2O4. The van der Waals surface area contributed by atoms with Crippen molar-refractivity contribution in [2.75, 3.05) is 11.4 Å². The summed E-state index contributed by atoms with van der Waals surface area (Å²) >= 11 is 0. The van der Waals surface area contributed by atoms with Gasteiger partial charge in [-0.05, 0) is 18.2 Å². The van der Waals surface area contributed by atoms with Gasteiger partial charge in [-0.25, -0.2) is 9.59 Å². The van der Waals surface area contributed by atoms with Gasteiger partial charge in [0, 0.05) is 5.69 Å². The summed E-state index contributed by atoms with van der Waals surface area (Å²) in [4.78, 5) is 23.3. The number of rotatable bonds is 2. The lowest BCUT2D eigenvalue weighted by molar-refractivity contribution is -0.144. The monoisotopic (exact) mass is 232 g/mol. The van der Waals surface area contributed by atoms with Gasteiger partial charge in [0.05, 0.1) is 18.2 Å². The van der Waals surface area contributed by atoms with E-state index in [1.807, 2.05) is 6.07 Å². The van der Waals surface area contributed by atoms with Gasteiger partial charge in [-0.3, -0.25) is 4.90 Å². The third-order valence-electron chi connectivity index (χ3n) is 2.37. The molecule has 1 amide bonds. The molecule has 1 heterocycles. The molecule has 0 spiro atoms. The van der Waals surface area contributed by atoms with Crippen molar-refractivity contribution in [3.8, 4) is 6.07 Å². The average Bonchev–Trinajstić information content (AvgIpc) is 2.72. The second-order valence-corrected chi connectivity index (χ2v) is 3.48. The smallest absolute Gasteiger partial charge is 0.415 e. The number of nitriles is 1. The Morgan fingerprint density at radius 1 is 1.59 bits per heavy atom. The maximum absolute atomic E-state index is 11.4. The number of hydrogen-bond acceptors (Lipinski definition) is 4. The fraction of sp³-hybridized carbons (Fsp3) is 0.182. The molecule has 6 nitrogen and oxygen atoms in total. The van der Waals surface area contributed by atoms with Crippen molar-refractivity contribution in [3.63, 3.8) is 0 Å². The van der Waals surface area contributed by atoms with Crippen LogP contribution >= 0.6 is 0 Å². The van der Waals surface area contributed by atoms with E-state index in [9.17, 15) is 9.59 Å². The fourth-order valence-corrected chi connectivity index (χ4v) is 1.55. The van der Waals surface area contributed by atoms with Crippen LogP contribution in [0.4, 0.5) is 10.5 Å². The molecule has 1 aromatic carbocycles. The van der Waals surface area contributed by atoms with Crippen LogP contribution in [0, 0.1) is 11.3 Å². The predicted molar refractivity (Wildman–Crippen MR) is 56.4 cm³/mol. The minimum Gasteiger partial charge on any atom is -0.478 e. The van der Waals surface area contributed by atoms with Crippen LogP contribution < -0.4 is 4.90 Å². The second-order valence-electron chi connectivity index (χ2n) is 3.48. The molecule has 1 aromatic rings. The zero-order valence-corrected chi connectivity index (χ0v) is 8.66. The van der Waals surface area contributed by atoms with E-state index in [0.717, 1.165) is 0 Å². The lowest BCUT2D eigenvalue weighted by atomic mass is 10.2. The third kappa shape index (κ3) is 2.03. The number of cyclic esters (lactones) is 1. The van der Waals surface area contributed by atoms with E-state index in [1.165, 1.54) is 11.0 Å². The predicted octanol–water partition coefficient (Wildman–Crippen LogP) is 0.968. The Balaban J connectivity index is 2.26. The lowest BCUT2D eigenvalue weighted by Crippen LogP contribution is -2.27. The SMILES string of the molecule is N#Cc1cccc(N2CC(C(=O)O)OC2=O)c1. The van der Waals surface area contributed by atoms with Crippen LogP contribution in [-0.2, 0) is 9.53 Å². The van der Waals surface area contributed by atoms with Gasteiger partial charge in [-0.2, -0.15) is 5.26 Å². The van der Waals surface area contributed by atoms with E-state index < -0.39 is 18.2 Å². The molecule has 0 aliphatic carbocycles. The zero-order chi connectivity index (χ0) is 12.4. The normalized spacial score (nSPS) is 18.6. The highest BCUT2D eigenvalue weighted by Crippen LogP contribution is 2.22. The molecule has 0 bridgehead atoms. The molecule has 1 saturated heterocycles.